The first-order chi connectivity index (χ1) is 12.9. The van der Waals surface area contributed by atoms with Gasteiger partial charge in [-0.15, -0.1) is 0 Å². The van der Waals surface area contributed by atoms with Crippen molar-refractivity contribution in [3.63, 3.8) is 0 Å². The lowest BCUT2D eigenvalue weighted by Gasteiger charge is -2.27. The number of carbonyl (C=O) groups excluding carboxylic acids is 2. The number of nitrogens with zero attached hydrogens (tertiary/aromatic N) is 1. The molecule has 146 valence electrons. The van der Waals surface area contributed by atoms with Crippen LogP contribution in [0.5, 0.6) is 5.75 Å². The highest BCUT2D eigenvalue weighted by atomic mass is 35.5. The molecule has 1 unspecified atom stereocenters. The Hall–Kier alpha value is -2.28. The van der Waals surface area contributed by atoms with Crippen LogP contribution in [0.4, 0.5) is 5.69 Å². The van der Waals surface area contributed by atoms with E-state index in [1.807, 2.05) is 0 Å². The van der Waals surface area contributed by atoms with Crippen LogP contribution in [0.15, 0.2) is 18.2 Å². The van der Waals surface area contributed by atoms with Crippen molar-refractivity contribution in [3.8, 4) is 5.75 Å². The van der Waals surface area contributed by atoms with E-state index in [0.717, 1.165) is 0 Å². The van der Waals surface area contributed by atoms with Crippen LogP contribution in [0.3, 0.4) is 0 Å². The number of carboxylic acid groups (broad SMARTS) is 1. The number of hydrogen-bond donors (Lipinski definition) is 2. The molecular weight excluding hydrogens is 372 g/mol. The molecule has 1 saturated carbocycles. The van der Waals surface area contributed by atoms with E-state index in [2.05, 4.69) is 5.32 Å². The predicted octanol–water partition coefficient (Wildman–Crippen LogP) is 2.46. The largest absolute Gasteiger partial charge is 0.495 e. The fourth-order valence-electron chi connectivity index (χ4n) is 3.79. The second kappa shape index (κ2) is 8.17. The van der Waals surface area contributed by atoms with E-state index in [1.54, 1.807) is 18.2 Å². The van der Waals surface area contributed by atoms with Gasteiger partial charge in [-0.1, -0.05) is 11.6 Å². The van der Waals surface area contributed by atoms with Crippen LogP contribution in [-0.4, -0.2) is 42.6 Å². The fraction of sp³-hybridized carbons (Fsp3) is 0.526. The van der Waals surface area contributed by atoms with Crippen LogP contribution in [0.2, 0.25) is 5.02 Å². The highest BCUT2D eigenvalue weighted by molar-refractivity contribution is 6.31. The van der Waals surface area contributed by atoms with Crippen LogP contribution < -0.4 is 15.0 Å². The first kappa shape index (κ1) is 19.5. The van der Waals surface area contributed by atoms with Crippen molar-refractivity contribution in [1.29, 1.82) is 0 Å². The molecule has 8 heteroatoms. The molecule has 1 aliphatic heterocycles. The van der Waals surface area contributed by atoms with Crippen LogP contribution in [-0.2, 0) is 14.4 Å². The summed E-state index contributed by atoms with van der Waals surface area (Å²) in [4.78, 5) is 37.6. The number of amides is 2. The molecule has 7 nitrogen and oxygen atoms in total. The summed E-state index contributed by atoms with van der Waals surface area (Å²) in [5.74, 6) is -1.32. The molecule has 1 aromatic carbocycles. The van der Waals surface area contributed by atoms with E-state index >= 15 is 0 Å². The lowest BCUT2D eigenvalue weighted by Crippen LogP contribution is -2.42. The summed E-state index contributed by atoms with van der Waals surface area (Å²) in [6.45, 7) is 0.270. The van der Waals surface area contributed by atoms with Gasteiger partial charge in [-0.05, 0) is 43.9 Å². The van der Waals surface area contributed by atoms with Crippen molar-refractivity contribution >= 4 is 35.1 Å². The first-order valence-electron chi connectivity index (χ1n) is 9.06. The topological polar surface area (TPSA) is 95.9 Å². The number of carboxylic acids is 1. The molecule has 1 saturated heterocycles. The molecule has 1 aliphatic carbocycles. The van der Waals surface area contributed by atoms with Crippen molar-refractivity contribution in [2.45, 2.75) is 38.1 Å². The molecule has 2 N–H and O–H groups in total. The molecule has 27 heavy (non-hydrogen) atoms. The number of halogens is 1. The molecule has 2 amide bonds. The molecule has 3 rings (SSSR count). The molecule has 0 spiro atoms. The summed E-state index contributed by atoms with van der Waals surface area (Å²) in [6.07, 6.45) is 2.56. The van der Waals surface area contributed by atoms with Crippen molar-refractivity contribution in [2.24, 2.45) is 11.8 Å². The zero-order chi connectivity index (χ0) is 19.6. The van der Waals surface area contributed by atoms with Crippen LogP contribution in [0.1, 0.15) is 32.1 Å². The Morgan fingerprint density at radius 2 is 1.93 bits per heavy atom. The number of hydrogen-bond acceptors (Lipinski definition) is 4. The van der Waals surface area contributed by atoms with E-state index < -0.39 is 11.9 Å². The van der Waals surface area contributed by atoms with E-state index in [9.17, 15) is 14.4 Å². The lowest BCUT2D eigenvalue weighted by molar-refractivity contribution is -0.142. The highest BCUT2D eigenvalue weighted by Gasteiger charge is 2.37. The number of methoxy groups -OCH3 is 1. The Balaban J connectivity index is 1.61. The Kier molecular flexibility index (Phi) is 5.89. The van der Waals surface area contributed by atoms with Gasteiger partial charge < -0.3 is 20.1 Å². The molecule has 2 aliphatic rings. The Labute approximate surface area is 162 Å². The third-order valence-corrected chi connectivity index (χ3v) is 5.59. The Bertz CT molecular complexity index is 746. The lowest BCUT2D eigenvalue weighted by atomic mass is 9.86. The normalized spacial score (nSPS) is 25.3. The minimum absolute atomic E-state index is 0.0297. The maximum atomic E-state index is 12.6. The molecule has 1 atom stereocenters. The van der Waals surface area contributed by atoms with Gasteiger partial charge in [0.15, 0.2) is 0 Å². The predicted molar refractivity (Wildman–Crippen MR) is 100.0 cm³/mol. The van der Waals surface area contributed by atoms with E-state index in [0.29, 0.717) is 42.1 Å². The second-order valence-corrected chi connectivity index (χ2v) is 7.55. The summed E-state index contributed by atoms with van der Waals surface area (Å²) >= 11 is 6.05. The molecule has 0 bridgehead atoms. The summed E-state index contributed by atoms with van der Waals surface area (Å²) in [5, 5.41) is 12.5. The van der Waals surface area contributed by atoms with Gasteiger partial charge in [0.1, 0.15) is 5.75 Å². The molecule has 1 aromatic rings. The maximum Gasteiger partial charge on any atom is 0.306 e. The van der Waals surface area contributed by atoms with Crippen molar-refractivity contribution in [1.82, 2.24) is 5.32 Å². The average Bonchev–Trinajstić information content (AvgIpc) is 3.04. The van der Waals surface area contributed by atoms with Gasteiger partial charge in [-0.2, -0.15) is 0 Å². The third-order valence-electron chi connectivity index (χ3n) is 5.35. The maximum absolute atomic E-state index is 12.6. The summed E-state index contributed by atoms with van der Waals surface area (Å²) in [6, 6.07) is 5.01. The number of benzene rings is 1. The molecular formula is C19H23ClN2O5. The summed E-state index contributed by atoms with van der Waals surface area (Å²) in [7, 11) is 1.52. The molecule has 2 fully saturated rings. The van der Waals surface area contributed by atoms with E-state index in [1.165, 1.54) is 12.0 Å². The summed E-state index contributed by atoms with van der Waals surface area (Å²) in [5.41, 5.74) is 0.562. The van der Waals surface area contributed by atoms with Crippen LogP contribution in [0, 0.1) is 11.8 Å². The second-order valence-electron chi connectivity index (χ2n) is 7.12. The number of rotatable bonds is 5. The van der Waals surface area contributed by atoms with Gasteiger partial charge in [0, 0.05) is 24.0 Å². The minimum atomic E-state index is -0.771. The SMILES string of the molecule is COc1ccc(Cl)cc1N1CC(C(=O)NC2CCC(C(=O)O)CC2)CC1=O. The monoisotopic (exact) mass is 394 g/mol. The van der Waals surface area contributed by atoms with Crippen LogP contribution in [0.25, 0.3) is 0 Å². The van der Waals surface area contributed by atoms with Crippen molar-refractivity contribution in [3.05, 3.63) is 23.2 Å². The van der Waals surface area contributed by atoms with Gasteiger partial charge in [0.05, 0.1) is 24.6 Å². The van der Waals surface area contributed by atoms with E-state index in [4.69, 9.17) is 21.4 Å². The number of nitrogens with one attached hydrogen (secondary N) is 1. The van der Waals surface area contributed by atoms with Crippen LogP contribution >= 0.6 is 11.6 Å². The number of ether oxygens (including phenoxy) is 1. The number of aliphatic carboxylic acids is 1. The van der Waals surface area contributed by atoms with Crippen molar-refractivity contribution < 1.29 is 24.2 Å². The minimum Gasteiger partial charge on any atom is -0.495 e. The van der Waals surface area contributed by atoms with E-state index in [-0.39, 0.29) is 36.7 Å². The van der Waals surface area contributed by atoms with Gasteiger partial charge in [0.25, 0.3) is 0 Å². The Morgan fingerprint density at radius 1 is 1.22 bits per heavy atom. The third kappa shape index (κ3) is 4.35. The van der Waals surface area contributed by atoms with Gasteiger partial charge >= 0.3 is 5.97 Å². The Morgan fingerprint density at radius 3 is 2.56 bits per heavy atom. The average molecular weight is 395 g/mol. The van der Waals surface area contributed by atoms with Crippen molar-refractivity contribution in [2.75, 3.05) is 18.6 Å². The molecule has 0 radical (unpaired) electrons. The smallest absolute Gasteiger partial charge is 0.306 e. The summed E-state index contributed by atoms with van der Waals surface area (Å²) < 4.78 is 5.31. The quantitative estimate of drug-likeness (QED) is 0.799. The van der Waals surface area contributed by atoms with Gasteiger partial charge in [0.2, 0.25) is 11.8 Å². The highest BCUT2D eigenvalue weighted by Crippen LogP contribution is 2.35. The number of carbonyl (C=O) groups is 3. The molecule has 0 aromatic heterocycles. The van der Waals surface area contributed by atoms with Gasteiger partial charge in [-0.25, -0.2) is 0 Å². The zero-order valence-electron chi connectivity index (χ0n) is 15.1. The number of anilines is 1. The standard InChI is InChI=1S/C19H23ClN2O5/c1-27-16-7-4-13(20)9-15(16)22-10-12(8-17(22)23)18(24)21-14-5-2-11(3-6-14)19(25)26/h4,7,9,11-12,14H,2-3,5-6,8,10H2,1H3,(H,21,24)(H,25,26). The first-order valence-corrected chi connectivity index (χ1v) is 9.44. The molecule has 1 heterocycles. The fourth-order valence-corrected chi connectivity index (χ4v) is 3.96. The van der Waals surface area contributed by atoms with Gasteiger partial charge in [-0.3, -0.25) is 14.4 Å². The zero-order valence-corrected chi connectivity index (χ0v) is 15.9.